The number of aromatic nitrogens is 2. The number of aromatic hydroxyl groups is 1. The van der Waals surface area contributed by atoms with Gasteiger partial charge in [-0.2, -0.15) is 16.7 Å². The zero-order valence-corrected chi connectivity index (χ0v) is 14.6. The van der Waals surface area contributed by atoms with Crippen molar-refractivity contribution in [1.29, 1.82) is 0 Å². The maximum Gasteiger partial charge on any atom is 0.261 e. The average Bonchev–Trinajstić information content (AvgIpc) is 2.97. The Hall–Kier alpha value is -0.760. The molecule has 1 aromatic heterocycles. The van der Waals surface area contributed by atoms with E-state index in [4.69, 9.17) is 4.52 Å². The van der Waals surface area contributed by atoms with Crippen molar-refractivity contribution in [2.45, 2.75) is 43.1 Å². The number of thioether (sulfide) groups is 1. The molecule has 3 rings (SSSR count). The first-order valence-electron chi connectivity index (χ1n) is 7.15. The SMILES string of the molecule is Oc1ccc(I)cc1-c1nc(CSC2CCCCC2)no1. The van der Waals surface area contributed by atoms with Gasteiger partial charge in [0.1, 0.15) is 5.75 Å². The third-order valence-electron chi connectivity index (χ3n) is 3.66. The second-order valence-corrected chi connectivity index (χ2v) is 7.78. The van der Waals surface area contributed by atoms with Gasteiger partial charge in [-0.25, -0.2) is 0 Å². The number of rotatable bonds is 4. The molecule has 1 heterocycles. The number of hydrogen-bond donors (Lipinski definition) is 1. The largest absolute Gasteiger partial charge is 0.507 e. The highest BCUT2D eigenvalue weighted by Gasteiger charge is 2.17. The lowest BCUT2D eigenvalue weighted by molar-refractivity contribution is 0.419. The minimum Gasteiger partial charge on any atom is -0.507 e. The van der Waals surface area contributed by atoms with Gasteiger partial charge >= 0.3 is 0 Å². The van der Waals surface area contributed by atoms with Gasteiger partial charge in [0.25, 0.3) is 5.89 Å². The molecule has 1 aliphatic carbocycles. The molecule has 0 bridgehead atoms. The molecule has 0 aliphatic heterocycles. The zero-order chi connectivity index (χ0) is 14.7. The zero-order valence-electron chi connectivity index (χ0n) is 11.6. The van der Waals surface area contributed by atoms with Crippen LogP contribution < -0.4 is 0 Å². The first kappa shape index (κ1) is 15.1. The maximum atomic E-state index is 9.90. The molecule has 0 amide bonds. The lowest BCUT2D eigenvalue weighted by atomic mass is 10.0. The van der Waals surface area contributed by atoms with Crippen LogP contribution in [0.3, 0.4) is 0 Å². The number of phenols is 1. The Bertz CT molecular complexity index is 611. The summed E-state index contributed by atoms with van der Waals surface area (Å²) in [4.78, 5) is 4.40. The van der Waals surface area contributed by atoms with Gasteiger partial charge in [-0.05, 0) is 53.6 Å². The molecule has 2 aromatic rings. The Labute approximate surface area is 141 Å². The van der Waals surface area contributed by atoms with Crippen LogP contribution >= 0.6 is 34.4 Å². The highest BCUT2D eigenvalue weighted by atomic mass is 127. The van der Waals surface area contributed by atoms with E-state index >= 15 is 0 Å². The van der Waals surface area contributed by atoms with Crippen molar-refractivity contribution in [2.24, 2.45) is 0 Å². The lowest BCUT2D eigenvalue weighted by Gasteiger charge is -2.19. The van der Waals surface area contributed by atoms with Gasteiger partial charge in [-0.3, -0.25) is 0 Å². The van der Waals surface area contributed by atoms with E-state index in [2.05, 4.69) is 32.7 Å². The van der Waals surface area contributed by atoms with Crippen molar-refractivity contribution in [3.05, 3.63) is 27.6 Å². The third-order valence-corrected chi connectivity index (χ3v) is 5.70. The van der Waals surface area contributed by atoms with E-state index < -0.39 is 0 Å². The molecule has 0 unspecified atom stereocenters. The van der Waals surface area contributed by atoms with Crippen molar-refractivity contribution in [2.75, 3.05) is 0 Å². The standard InChI is InChI=1S/C15H17IN2O2S/c16-10-6-7-13(19)12(8-10)15-17-14(18-20-15)9-21-11-4-2-1-3-5-11/h6-8,11,19H,1-5,9H2. The fourth-order valence-corrected chi connectivity index (χ4v) is 4.19. The first-order chi connectivity index (χ1) is 10.2. The highest BCUT2D eigenvalue weighted by molar-refractivity contribution is 14.1. The van der Waals surface area contributed by atoms with Gasteiger partial charge in [0, 0.05) is 8.82 Å². The molecule has 0 radical (unpaired) electrons. The second-order valence-electron chi connectivity index (χ2n) is 5.25. The molecule has 1 aliphatic rings. The van der Waals surface area contributed by atoms with E-state index in [-0.39, 0.29) is 5.75 Å². The normalized spacial score (nSPS) is 16.2. The molecule has 0 spiro atoms. The van der Waals surface area contributed by atoms with Crippen molar-refractivity contribution < 1.29 is 9.63 Å². The first-order valence-corrected chi connectivity index (χ1v) is 9.28. The molecule has 1 aromatic carbocycles. The summed E-state index contributed by atoms with van der Waals surface area (Å²) in [5, 5.41) is 14.7. The molecule has 21 heavy (non-hydrogen) atoms. The van der Waals surface area contributed by atoms with Crippen LogP contribution in [0.5, 0.6) is 5.75 Å². The molecular weight excluding hydrogens is 399 g/mol. The van der Waals surface area contributed by atoms with Crippen LogP contribution in [0.15, 0.2) is 22.7 Å². The van der Waals surface area contributed by atoms with E-state index in [0.29, 0.717) is 17.3 Å². The van der Waals surface area contributed by atoms with Gasteiger partial charge < -0.3 is 9.63 Å². The molecule has 112 valence electrons. The van der Waals surface area contributed by atoms with Gasteiger partial charge in [0.05, 0.1) is 11.3 Å². The third kappa shape index (κ3) is 3.91. The summed E-state index contributed by atoms with van der Waals surface area (Å²) < 4.78 is 6.31. The van der Waals surface area contributed by atoms with Crippen molar-refractivity contribution in [3.63, 3.8) is 0 Å². The van der Waals surface area contributed by atoms with Crippen LogP contribution in [-0.2, 0) is 5.75 Å². The Balaban J connectivity index is 1.66. The molecule has 6 heteroatoms. The molecule has 4 nitrogen and oxygen atoms in total. The summed E-state index contributed by atoms with van der Waals surface area (Å²) in [5.74, 6) is 2.05. The molecule has 1 fully saturated rings. The van der Waals surface area contributed by atoms with E-state index in [1.165, 1.54) is 32.1 Å². The smallest absolute Gasteiger partial charge is 0.261 e. The van der Waals surface area contributed by atoms with Gasteiger partial charge in [0.2, 0.25) is 0 Å². The summed E-state index contributed by atoms with van der Waals surface area (Å²) >= 11 is 4.11. The summed E-state index contributed by atoms with van der Waals surface area (Å²) in [7, 11) is 0. The minimum atomic E-state index is 0.172. The molecule has 1 saturated carbocycles. The van der Waals surface area contributed by atoms with Crippen LogP contribution in [0.1, 0.15) is 37.9 Å². The fraction of sp³-hybridized carbons (Fsp3) is 0.467. The Morgan fingerprint density at radius 3 is 2.90 bits per heavy atom. The van der Waals surface area contributed by atoms with E-state index in [1.54, 1.807) is 6.07 Å². The summed E-state index contributed by atoms with van der Waals surface area (Å²) in [6, 6.07) is 5.34. The Morgan fingerprint density at radius 1 is 1.29 bits per heavy atom. The van der Waals surface area contributed by atoms with Crippen molar-refractivity contribution >= 4 is 34.4 Å². The van der Waals surface area contributed by atoms with Gasteiger partial charge in [-0.1, -0.05) is 24.4 Å². The minimum absolute atomic E-state index is 0.172. The summed E-state index contributed by atoms with van der Waals surface area (Å²) in [5.41, 5.74) is 0.600. The number of hydrogen-bond acceptors (Lipinski definition) is 5. The number of phenolic OH excluding ortho intramolecular Hbond substituents is 1. The molecule has 1 N–H and O–H groups in total. The second kappa shape index (κ2) is 7.00. The van der Waals surface area contributed by atoms with Crippen molar-refractivity contribution in [1.82, 2.24) is 10.1 Å². The monoisotopic (exact) mass is 416 g/mol. The predicted molar refractivity (Wildman–Crippen MR) is 92.3 cm³/mol. The van der Waals surface area contributed by atoms with Gasteiger partial charge in [0.15, 0.2) is 5.82 Å². The van der Waals surface area contributed by atoms with Crippen LogP contribution in [0.25, 0.3) is 11.5 Å². The highest BCUT2D eigenvalue weighted by Crippen LogP contribution is 2.32. The van der Waals surface area contributed by atoms with E-state index in [0.717, 1.165) is 14.6 Å². The lowest BCUT2D eigenvalue weighted by Crippen LogP contribution is -2.08. The van der Waals surface area contributed by atoms with Crippen LogP contribution in [-0.4, -0.2) is 20.5 Å². The topological polar surface area (TPSA) is 59.2 Å². The van der Waals surface area contributed by atoms with Crippen LogP contribution in [0, 0.1) is 3.57 Å². The fourth-order valence-electron chi connectivity index (χ4n) is 2.53. The van der Waals surface area contributed by atoms with E-state index in [9.17, 15) is 5.11 Å². The number of benzene rings is 1. The van der Waals surface area contributed by atoms with Crippen molar-refractivity contribution in [3.8, 4) is 17.2 Å². The van der Waals surface area contributed by atoms with Gasteiger partial charge in [-0.15, -0.1) is 0 Å². The maximum absolute atomic E-state index is 9.90. The molecular formula is C15H17IN2O2S. The Kier molecular flexibility index (Phi) is 5.05. The number of nitrogens with zero attached hydrogens (tertiary/aromatic N) is 2. The quantitative estimate of drug-likeness (QED) is 0.738. The number of halogens is 1. The Morgan fingerprint density at radius 2 is 2.10 bits per heavy atom. The average molecular weight is 416 g/mol. The van der Waals surface area contributed by atoms with E-state index in [1.807, 2.05) is 23.9 Å². The summed E-state index contributed by atoms with van der Waals surface area (Å²) in [6.07, 6.45) is 6.65. The predicted octanol–water partition coefficient (Wildman–Crippen LogP) is 4.61. The molecule has 0 saturated heterocycles. The molecule has 0 atom stereocenters. The van der Waals surface area contributed by atoms with Crippen LogP contribution in [0.2, 0.25) is 0 Å². The van der Waals surface area contributed by atoms with Crippen LogP contribution in [0.4, 0.5) is 0 Å². The summed E-state index contributed by atoms with van der Waals surface area (Å²) in [6.45, 7) is 0.